The van der Waals surface area contributed by atoms with Gasteiger partial charge in [0.15, 0.2) is 5.82 Å². The number of rotatable bonds is 5. The van der Waals surface area contributed by atoms with E-state index in [0.29, 0.717) is 0 Å². The summed E-state index contributed by atoms with van der Waals surface area (Å²) in [4.78, 5) is 18.9. The molecule has 0 radical (unpaired) electrons. The van der Waals surface area contributed by atoms with Crippen LogP contribution in [0.3, 0.4) is 0 Å². The van der Waals surface area contributed by atoms with Crippen LogP contribution in [0.1, 0.15) is 39.2 Å². The molecule has 1 aliphatic rings. The molecule has 0 bridgehead atoms. The standard InChI is InChI=1S/C23H31N7O2/c1-23(2,3)32-22(31)28-19-9-11-29(12-10-19)14-16-8-13-30-20(16)21(25-15-26-30)27-18-6-4-17(24)5-7-18/h4-8,13,15,19H,9-12,14,24H2,1-3H3,(H,28,31)(H,25,26,27). The van der Waals surface area contributed by atoms with Crippen LogP contribution in [0.5, 0.6) is 0 Å². The highest BCUT2D eigenvalue weighted by atomic mass is 16.6. The second kappa shape index (κ2) is 9.04. The number of carbonyl (C=O) groups is 1. The van der Waals surface area contributed by atoms with Gasteiger partial charge in [-0.25, -0.2) is 14.3 Å². The van der Waals surface area contributed by atoms with Crippen molar-refractivity contribution in [3.8, 4) is 0 Å². The molecule has 1 aliphatic heterocycles. The van der Waals surface area contributed by atoms with Gasteiger partial charge in [0.2, 0.25) is 0 Å². The van der Waals surface area contributed by atoms with Crippen LogP contribution in [-0.2, 0) is 11.3 Å². The van der Waals surface area contributed by atoms with E-state index in [1.165, 1.54) is 0 Å². The summed E-state index contributed by atoms with van der Waals surface area (Å²) in [6, 6.07) is 9.80. The first-order valence-corrected chi connectivity index (χ1v) is 10.9. The maximum absolute atomic E-state index is 12.0. The molecule has 9 heteroatoms. The Hall–Kier alpha value is -3.33. The normalized spacial score (nSPS) is 15.6. The van der Waals surface area contributed by atoms with E-state index in [1.54, 1.807) is 6.33 Å². The molecule has 4 rings (SSSR count). The lowest BCUT2D eigenvalue weighted by Crippen LogP contribution is -2.45. The van der Waals surface area contributed by atoms with Gasteiger partial charge in [0.25, 0.3) is 0 Å². The molecular formula is C23H31N7O2. The average Bonchev–Trinajstić information content (AvgIpc) is 3.14. The van der Waals surface area contributed by atoms with Crippen molar-refractivity contribution in [1.82, 2.24) is 24.8 Å². The number of nitrogens with zero attached hydrogens (tertiary/aromatic N) is 4. The van der Waals surface area contributed by atoms with Crippen LogP contribution in [0.25, 0.3) is 5.52 Å². The number of carbonyl (C=O) groups excluding carboxylic acids is 1. The van der Waals surface area contributed by atoms with Gasteiger partial charge in [-0.3, -0.25) is 4.90 Å². The second-order valence-corrected chi connectivity index (χ2v) is 9.19. The molecule has 0 aliphatic carbocycles. The lowest BCUT2D eigenvalue weighted by atomic mass is 10.0. The highest BCUT2D eigenvalue weighted by molar-refractivity contribution is 5.76. The Kier molecular flexibility index (Phi) is 6.18. The molecular weight excluding hydrogens is 406 g/mol. The maximum Gasteiger partial charge on any atom is 0.407 e. The first-order chi connectivity index (χ1) is 15.3. The number of nitrogens with two attached hydrogens (primary N) is 1. The fraction of sp³-hybridized carbons (Fsp3) is 0.435. The minimum absolute atomic E-state index is 0.137. The topological polar surface area (TPSA) is 110 Å². The highest BCUT2D eigenvalue weighted by Crippen LogP contribution is 2.25. The van der Waals surface area contributed by atoms with Gasteiger partial charge < -0.3 is 21.1 Å². The predicted octanol–water partition coefficient (Wildman–Crippen LogP) is 3.54. The Morgan fingerprint density at radius 2 is 1.91 bits per heavy atom. The van der Waals surface area contributed by atoms with E-state index in [1.807, 2.05) is 55.7 Å². The number of amides is 1. The first kappa shape index (κ1) is 21.9. The molecule has 170 valence electrons. The van der Waals surface area contributed by atoms with E-state index in [2.05, 4.69) is 31.7 Å². The summed E-state index contributed by atoms with van der Waals surface area (Å²) >= 11 is 0. The largest absolute Gasteiger partial charge is 0.444 e. The lowest BCUT2D eigenvalue weighted by molar-refractivity contribution is 0.0477. The molecule has 3 aromatic rings. The van der Waals surface area contributed by atoms with E-state index in [-0.39, 0.29) is 12.1 Å². The van der Waals surface area contributed by atoms with Crippen LogP contribution in [-0.4, -0.2) is 50.3 Å². The van der Waals surface area contributed by atoms with Crippen molar-refractivity contribution in [3.05, 3.63) is 48.4 Å². The zero-order chi connectivity index (χ0) is 22.7. The quantitative estimate of drug-likeness (QED) is 0.524. The lowest BCUT2D eigenvalue weighted by Gasteiger charge is -2.32. The molecule has 0 spiro atoms. The Labute approximate surface area is 187 Å². The molecule has 1 saturated heterocycles. The first-order valence-electron chi connectivity index (χ1n) is 10.9. The molecule has 0 atom stereocenters. The number of hydrogen-bond donors (Lipinski definition) is 3. The molecule has 0 saturated carbocycles. The highest BCUT2D eigenvalue weighted by Gasteiger charge is 2.24. The van der Waals surface area contributed by atoms with Gasteiger partial charge in [-0.2, -0.15) is 5.10 Å². The number of nitrogen functional groups attached to an aromatic ring is 1. The number of likely N-dealkylation sites (tertiary alicyclic amines) is 1. The summed E-state index contributed by atoms with van der Waals surface area (Å²) < 4.78 is 7.22. The van der Waals surface area contributed by atoms with Gasteiger partial charge in [-0.15, -0.1) is 0 Å². The minimum atomic E-state index is -0.485. The van der Waals surface area contributed by atoms with E-state index < -0.39 is 5.60 Å². The zero-order valence-electron chi connectivity index (χ0n) is 18.8. The van der Waals surface area contributed by atoms with Crippen LogP contribution in [0.4, 0.5) is 22.0 Å². The van der Waals surface area contributed by atoms with Gasteiger partial charge >= 0.3 is 6.09 Å². The van der Waals surface area contributed by atoms with Crippen LogP contribution >= 0.6 is 0 Å². The third-order valence-electron chi connectivity index (χ3n) is 5.41. The summed E-state index contributed by atoms with van der Waals surface area (Å²) in [6.07, 6.45) is 4.93. The summed E-state index contributed by atoms with van der Waals surface area (Å²) in [7, 11) is 0. The number of hydrogen-bond acceptors (Lipinski definition) is 7. The van der Waals surface area contributed by atoms with E-state index in [4.69, 9.17) is 10.5 Å². The number of ether oxygens (including phenoxy) is 1. The van der Waals surface area contributed by atoms with Gasteiger partial charge in [0.1, 0.15) is 17.4 Å². The minimum Gasteiger partial charge on any atom is -0.444 e. The fourth-order valence-electron chi connectivity index (χ4n) is 3.89. The molecule has 32 heavy (non-hydrogen) atoms. The molecule has 1 fully saturated rings. The summed E-state index contributed by atoms with van der Waals surface area (Å²) in [5, 5.41) is 10.7. The number of piperidine rings is 1. The van der Waals surface area contributed by atoms with E-state index in [0.717, 1.165) is 60.7 Å². The Morgan fingerprint density at radius 3 is 2.59 bits per heavy atom. The Balaban J connectivity index is 1.40. The van der Waals surface area contributed by atoms with Gasteiger partial charge in [0, 0.05) is 43.2 Å². The van der Waals surface area contributed by atoms with E-state index in [9.17, 15) is 4.79 Å². The fourth-order valence-corrected chi connectivity index (χ4v) is 3.89. The molecule has 3 heterocycles. The van der Waals surface area contributed by atoms with Crippen molar-refractivity contribution in [2.45, 2.75) is 51.8 Å². The Morgan fingerprint density at radius 1 is 1.19 bits per heavy atom. The number of alkyl carbamates (subject to hydrolysis) is 1. The number of nitrogens with one attached hydrogen (secondary N) is 2. The summed E-state index contributed by atoms with van der Waals surface area (Å²) in [5.41, 5.74) is 9.06. The van der Waals surface area contributed by atoms with Gasteiger partial charge in [-0.05, 0) is 69.5 Å². The van der Waals surface area contributed by atoms with Gasteiger partial charge in [0.05, 0.1) is 0 Å². The smallest absolute Gasteiger partial charge is 0.407 e. The molecule has 1 aromatic carbocycles. The van der Waals surface area contributed by atoms with Crippen LogP contribution in [0.15, 0.2) is 42.9 Å². The predicted molar refractivity (Wildman–Crippen MR) is 125 cm³/mol. The van der Waals surface area contributed by atoms with Gasteiger partial charge in [-0.1, -0.05) is 0 Å². The summed E-state index contributed by atoms with van der Waals surface area (Å²) in [5.74, 6) is 0.756. The van der Waals surface area contributed by atoms with Crippen molar-refractivity contribution in [1.29, 1.82) is 0 Å². The van der Waals surface area contributed by atoms with E-state index >= 15 is 0 Å². The van der Waals surface area contributed by atoms with Crippen LogP contribution in [0.2, 0.25) is 0 Å². The average molecular weight is 438 g/mol. The third-order valence-corrected chi connectivity index (χ3v) is 5.41. The SMILES string of the molecule is CC(C)(C)OC(=O)NC1CCN(Cc2ccn3ncnc(Nc4ccc(N)cc4)c23)CC1. The molecule has 2 aromatic heterocycles. The zero-order valence-corrected chi connectivity index (χ0v) is 18.8. The molecule has 4 N–H and O–H groups in total. The summed E-state index contributed by atoms with van der Waals surface area (Å²) in [6.45, 7) is 8.20. The maximum atomic E-state index is 12.0. The Bertz CT molecular complexity index is 1060. The van der Waals surface area contributed by atoms with Crippen molar-refractivity contribution in [2.24, 2.45) is 0 Å². The number of benzene rings is 1. The van der Waals surface area contributed by atoms with Crippen LogP contribution in [0, 0.1) is 0 Å². The number of anilines is 3. The van der Waals surface area contributed by atoms with Crippen molar-refractivity contribution in [3.63, 3.8) is 0 Å². The number of fused-ring (bicyclic) bond motifs is 1. The molecule has 0 unspecified atom stereocenters. The second-order valence-electron chi connectivity index (χ2n) is 9.19. The molecule has 9 nitrogen and oxygen atoms in total. The van der Waals surface area contributed by atoms with Crippen LogP contribution < -0.4 is 16.4 Å². The monoisotopic (exact) mass is 437 g/mol. The van der Waals surface area contributed by atoms with Crippen molar-refractivity contribution >= 4 is 28.8 Å². The number of aromatic nitrogens is 3. The van der Waals surface area contributed by atoms with Crippen molar-refractivity contribution < 1.29 is 9.53 Å². The third kappa shape index (κ3) is 5.47. The molecule has 1 amide bonds. The van der Waals surface area contributed by atoms with Crippen molar-refractivity contribution in [2.75, 3.05) is 24.1 Å².